The van der Waals surface area contributed by atoms with Gasteiger partial charge in [-0.05, 0) is 37.8 Å². The van der Waals surface area contributed by atoms with Gasteiger partial charge in [0.25, 0.3) is 5.95 Å². The molecule has 1 saturated carbocycles. The maximum Gasteiger partial charge on any atom is 0.264 e. The van der Waals surface area contributed by atoms with Crippen LogP contribution in [0.5, 0.6) is 0 Å². The highest BCUT2D eigenvalue weighted by molar-refractivity contribution is 9.10. The van der Waals surface area contributed by atoms with E-state index in [0.29, 0.717) is 16.7 Å². The molecule has 1 aromatic carbocycles. The number of aromatic nitrogens is 3. The van der Waals surface area contributed by atoms with Crippen molar-refractivity contribution in [1.29, 1.82) is 0 Å². The SMILES string of the molecule is Nn1c(NN=C2CCCCC2)nnc1SCC(=O)c1ccc(Br)cc1. The molecule has 7 nitrogen and oxygen atoms in total. The number of hydrogen-bond acceptors (Lipinski definition) is 7. The van der Waals surface area contributed by atoms with E-state index in [4.69, 9.17) is 5.84 Å². The lowest BCUT2D eigenvalue weighted by atomic mass is 9.99. The number of anilines is 1. The minimum absolute atomic E-state index is 0.0115. The predicted octanol–water partition coefficient (Wildman–Crippen LogP) is 3.46. The Morgan fingerprint density at radius 1 is 1.24 bits per heavy atom. The number of benzene rings is 1. The summed E-state index contributed by atoms with van der Waals surface area (Å²) in [6.45, 7) is 0. The van der Waals surface area contributed by atoms with Gasteiger partial charge in [-0.2, -0.15) is 5.10 Å². The Balaban J connectivity index is 1.57. The molecule has 0 saturated heterocycles. The molecule has 0 unspecified atom stereocenters. The third-order valence-corrected chi connectivity index (χ3v) is 5.38. The van der Waals surface area contributed by atoms with E-state index in [-0.39, 0.29) is 11.5 Å². The number of ketones is 1. The van der Waals surface area contributed by atoms with Crippen molar-refractivity contribution in [3.05, 3.63) is 34.3 Å². The minimum atomic E-state index is 0.0115. The number of nitrogens with zero attached hydrogens (tertiary/aromatic N) is 4. The van der Waals surface area contributed by atoms with Crippen LogP contribution >= 0.6 is 27.7 Å². The molecule has 9 heteroatoms. The number of carbonyl (C=O) groups is 1. The van der Waals surface area contributed by atoms with E-state index in [2.05, 4.69) is 36.7 Å². The van der Waals surface area contributed by atoms with Crippen molar-refractivity contribution in [3.63, 3.8) is 0 Å². The molecule has 1 aliphatic rings. The van der Waals surface area contributed by atoms with Gasteiger partial charge in [-0.25, -0.2) is 10.1 Å². The largest absolute Gasteiger partial charge is 0.334 e. The lowest BCUT2D eigenvalue weighted by Gasteiger charge is -2.12. The average molecular weight is 423 g/mol. The highest BCUT2D eigenvalue weighted by atomic mass is 79.9. The first-order valence-corrected chi connectivity index (χ1v) is 9.85. The van der Waals surface area contributed by atoms with Crippen LogP contribution in [0.3, 0.4) is 0 Å². The third kappa shape index (κ3) is 4.82. The molecule has 1 aromatic heterocycles. The van der Waals surface area contributed by atoms with Crippen LogP contribution in [-0.4, -0.2) is 32.1 Å². The summed E-state index contributed by atoms with van der Waals surface area (Å²) in [5.41, 5.74) is 4.66. The number of rotatable bonds is 6. The first kappa shape index (κ1) is 17.9. The molecule has 0 spiro atoms. The topological polar surface area (TPSA) is 98.2 Å². The first-order valence-electron chi connectivity index (χ1n) is 8.07. The van der Waals surface area contributed by atoms with Crippen LogP contribution in [0.1, 0.15) is 42.5 Å². The third-order valence-electron chi connectivity index (χ3n) is 3.91. The molecule has 132 valence electrons. The quantitative estimate of drug-likeness (QED) is 0.320. The van der Waals surface area contributed by atoms with Crippen LogP contribution in [0.4, 0.5) is 5.95 Å². The van der Waals surface area contributed by atoms with E-state index < -0.39 is 0 Å². The molecule has 0 aliphatic heterocycles. The lowest BCUT2D eigenvalue weighted by molar-refractivity contribution is 0.102. The van der Waals surface area contributed by atoms with E-state index in [9.17, 15) is 4.79 Å². The van der Waals surface area contributed by atoms with E-state index in [1.54, 1.807) is 12.1 Å². The number of Topliss-reactive ketones (excluding diaryl/α,β-unsaturated/α-hetero) is 1. The van der Waals surface area contributed by atoms with E-state index >= 15 is 0 Å². The Morgan fingerprint density at radius 2 is 1.96 bits per heavy atom. The number of nitrogens with one attached hydrogen (secondary N) is 1. The zero-order chi connectivity index (χ0) is 17.6. The molecule has 2 aromatic rings. The lowest BCUT2D eigenvalue weighted by Crippen LogP contribution is -2.15. The van der Waals surface area contributed by atoms with Crippen LogP contribution in [0.2, 0.25) is 0 Å². The molecule has 1 fully saturated rings. The Bertz CT molecular complexity index is 765. The van der Waals surface area contributed by atoms with Crippen LogP contribution in [0, 0.1) is 0 Å². The number of hydrazone groups is 1. The summed E-state index contributed by atoms with van der Waals surface area (Å²) in [5.74, 6) is 6.61. The number of hydrogen-bond donors (Lipinski definition) is 2. The fraction of sp³-hybridized carbons (Fsp3) is 0.375. The van der Waals surface area contributed by atoms with Gasteiger partial charge in [0.2, 0.25) is 5.16 Å². The molecular weight excluding hydrogens is 404 g/mol. The van der Waals surface area contributed by atoms with Gasteiger partial charge in [0.05, 0.1) is 5.75 Å². The highest BCUT2D eigenvalue weighted by Gasteiger charge is 2.14. The zero-order valence-electron chi connectivity index (χ0n) is 13.6. The molecule has 3 rings (SSSR count). The van der Waals surface area contributed by atoms with Gasteiger partial charge >= 0.3 is 0 Å². The normalized spacial score (nSPS) is 14.4. The van der Waals surface area contributed by atoms with Gasteiger partial charge in [0.1, 0.15) is 0 Å². The number of nitrogen functional groups attached to an aromatic ring is 1. The summed E-state index contributed by atoms with van der Waals surface area (Å²) in [4.78, 5) is 12.2. The molecule has 0 radical (unpaired) electrons. The Hall–Kier alpha value is -1.87. The molecule has 0 atom stereocenters. The highest BCUT2D eigenvalue weighted by Crippen LogP contribution is 2.20. The van der Waals surface area contributed by atoms with Crippen molar-refractivity contribution >= 4 is 45.1 Å². The maximum absolute atomic E-state index is 12.2. The van der Waals surface area contributed by atoms with Gasteiger partial charge in [-0.1, -0.05) is 46.2 Å². The number of carbonyl (C=O) groups excluding carboxylic acids is 1. The van der Waals surface area contributed by atoms with Gasteiger partial charge in [0, 0.05) is 15.7 Å². The van der Waals surface area contributed by atoms with E-state index in [1.165, 1.54) is 35.7 Å². The van der Waals surface area contributed by atoms with Gasteiger partial charge < -0.3 is 5.84 Å². The molecule has 0 amide bonds. The summed E-state index contributed by atoms with van der Waals surface area (Å²) in [6.07, 6.45) is 5.63. The van der Waals surface area contributed by atoms with Crippen molar-refractivity contribution in [2.45, 2.75) is 37.3 Å². The van der Waals surface area contributed by atoms with Crippen molar-refractivity contribution < 1.29 is 4.79 Å². The Morgan fingerprint density at radius 3 is 2.68 bits per heavy atom. The van der Waals surface area contributed by atoms with Crippen molar-refractivity contribution in [1.82, 2.24) is 14.9 Å². The fourth-order valence-corrected chi connectivity index (χ4v) is 3.52. The average Bonchev–Trinajstić information content (AvgIpc) is 2.99. The van der Waals surface area contributed by atoms with Gasteiger partial charge in [-0.15, -0.1) is 10.2 Å². The molecule has 25 heavy (non-hydrogen) atoms. The summed E-state index contributed by atoms with van der Waals surface area (Å²) in [6, 6.07) is 7.26. The Labute approximate surface area is 158 Å². The van der Waals surface area contributed by atoms with Crippen molar-refractivity contribution in [2.75, 3.05) is 17.0 Å². The second kappa shape index (κ2) is 8.48. The second-order valence-corrected chi connectivity index (χ2v) is 7.60. The fourth-order valence-electron chi connectivity index (χ4n) is 2.50. The molecule has 1 heterocycles. The minimum Gasteiger partial charge on any atom is -0.334 e. The van der Waals surface area contributed by atoms with Crippen LogP contribution in [0.25, 0.3) is 0 Å². The van der Waals surface area contributed by atoms with Gasteiger partial charge in [-0.3, -0.25) is 4.79 Å². The molecule has 3 N–H and O–H groups in total. The van der Waals surface area contributed by atoms with Crippen molar-refractivity contribution in [2.24, 2.45) is 5.10 Å². The number of thioether (sulfide) groups is 1. The Kier molecular flexibility index (Phi) is 6.09. The smallest absolute Gasteiger partial charge is 0.264 e. The van der Waals surface area contributed by atoms with E-state index in [0.717, 1.165) is 23.0 Å². The zero-order valence-corrected chi connectivity index (χ0v) is 16.0. The molecule has 1 aliphatic carbocycles. The van der Waals surface area contributed by atoms with E-state index in [1.807, 2.05) is 12.1 Å². The first-order chi connectivity index (χ1) is 12.1. The second-order valence-electron chi connectivity index (χ2n) is 5.75. The standard InChI is InChI=1S/C16H19BrN6OS/c17-12-8-6-11(7-9-12)14(24)10-25-16-22-21-15(23(16)18)20-19-13-4-2-1-3-5-13/h6-9H,1-5,10,18H2,(H,20,21). The predicted molar refractivity (Wildman–Crippen MR) is 104 cm³/mol. The number of halogens is 1. The molecular formula is C16H19BrN6OS. The van der Waals surface area contributed by atoms with Crippen LogP contribution < -0.4 is 11.3 Å². The summed E-state index contributed by atoms with van der Waals surface area (Å²) in [5, 5.41) is 12.8. The molecule has 0 bridgehead atoms. The summed E-state index contributed by atoms with van der Waals surface area (Å²) < 4.78 is 2.26. The maximum atomic E-state index is 12.2. The van der Waals surface area contributed by atoms with Gasteiger partial charge in [0.15, 0.2) is 5.78 Å². The number of nitrogens with two attached hydrogens (primary N) is 1. The van der Waals surface area contributed by atoms with Crippen LogP contribution in [-0.2, 0) is 0 Å². The summed E-state index contributed by atoms with van der Waals surface area (Å²) >= 11 is 4.60. The van der Waals surface area contributed by atoms with Crippen LogP contribution in [0.15, 0.2) is 39.0 Å². The monoisotopic (exact) mass is 422 g/mol. The summed E-state index contributed by atoms with van der Waals surface area (Å²) in [7, 11) is 0. The van der Waals surface area contributed by atoms with Crippen molar-refractivity contribution in [3.8, 4) is 0 Å².